The fraction of sp³-hybridized carbons (Fsp3) is 0.143. The van der Waals surface area contributed by atoms with Gasteiger partial charge in [-0.05, 0) is 23.8 Å². The predicted octanol–water partition coefficient (Wildman–Crippen LogP) is 3.85. The maximum absolute atomic E-state index is 12.1. The van der Waals surface area contributed by atoms with Crippen molar-refractivity contribution in [2.75, 3.05) is 0 Å². The van der Waals surface area contributed by atoms with Gasteiger partial charge in [-0.2, -0.15) is 0 Å². The zero-order chi connectivity index (χ0) is 14.8. The highest BCUT2D eigenvalue weighted by molar-refractivity contribution is 5.92. The Kier molecular flexibility index (Phi) is 3.74. The van der Waals surface area contributed by atoms with Crippen LogP contribution in [0.4, 0.5) is 13.2 Å². The van der Waals surface area contributed by atoms with Crippen molar-refractivity contribution in [2.45, 2.75) is 13.3 Å². The monoisotopic (exact) mass is 281 g/mol. The summed E-state index contributed by atoms with van der Waals surface area (Å²) in [5.74, 6) is -0.476. The molecule has 0 bridgehead atoms. The highest BCUT2D eigenvalue weighted by Gasteiger charge is 2.31. The molecule has 0 radical (unpaired) electrons. The van der Waals surface area contributed by atoms with Gasteiger partial charge in [0.25, 0.3) is 0 Å². The Balaban J connectivity index is 2.28. The van der Waals surface area contributed by atoms with E-state index in [0.717, 1.165) is 0 Å². The molecule has 0 N–H and O–H groups in total. The summed E-state index contributed by atoms with van der Waals surface area (Å²) in [6.45, 7) is 1.39. The molecule has 2 aromatic rings. The SMILES string of the molecule is CC(=O)c1ccc(-c2cccc(OC(F)(F)F)c2)cn1. The van der Waals surface area contributed by atoms with Gasteiger partial charge in [-0.15, -0.1) is 13.2 Å². The number of rotatable bonds is 3. The fourth-order valence-corrected chi connectivity index (χ4v) is 1.65. The number of Topliss-reactive ketones (excluding diaryl/α,β-unsaturated/α-hetero) is 1. The van der Waals surface area contributed by atoms with E-state index in [1.807, 2.05) is 0 Å². The van der Waals surface area contributed by atoms with Crippen LogP contribution in [0.25, 0.3) is 11.1 Å². The Morgan fingerprint density at radius 2 is 1.90 bits per heavy atom. The first-order valence-corrected chi connectivity index (χ1v) is 5.68. The summed E-state index contributed by atoms with van der Waals surface area (Å²) in [6, 6.07) is 8.71. The average Bonchev–Trinajstić information content (AvgIpc) is 2.37. The van der Waals surface area contributed by atoms with Crippen LogP contribution >= 0.6 is 0 Å². The smallest absolute Gasteiger partial charge is 0.406 e. The van der Waals surface area contributed by atoms with E-state index in [2.05, 4.69) is 9.72 Å². The summed E-state index contributed by atoms with van der Waals surface area (Å²) in [4.78, 5) is 15.0. The molecule has 3 nitrogen and oxygen atoms in total. The number of carbonyl (C=O) groups excluding carboxylic acids is 1. The van der Waals surface area contributed by atoms with Crippen molar-refractivity contribution in [3.63, 3.8) is 0 Å². The van der Waals surface area contributed by atoms with Gasteiger partial charge < -0.3 is 4.74 Å². The first-order chi connectivity index (χ1) is 9.35. The summed E-state index contributed by atoms with van der Waals surface area (Å²) in [5, 5.41) is 0. The Hall–Kier alpha value is -2.37. The summed E-state index contributed by atoms with van der Waals surface area (Å²) >= 11 is 0. The van der Waals surface area contributed by atoms with Crippen molar-refractivity contribution in [3.05, 3.63) is 48.3 Å². The molecule has 6 heteroatoms. The number of hydrogen-bond acceptors (Lipinski definition) is 3. The van der Waals surface area contributed by atoms with E-state index in [9.17, 15) is 18.0 Å². The number of aromatic nitrogens is 1. The lowest BCUT2D eigenvalue weighted by Gasteiger charge is -2.10. The second-order valence-corrected chi connectivity index (χ2v) is 4.06. The standard InChI is InChI=1S/C14H10F3NO2/c1-9(19)13-6-5-11(8-18-13)10-3-2-4-12(7-10)20-14(15,16)17/h2-8H,1H3. The van der Waals surface area contributed by atoms with Gasteiger partial charge in [-0.3, -0.25) is 9.78 Å². The summed E-state index contributed by atoms with van der Waals surface area (Å²) in [7, 11) is 0. The second-order valence-electron chi connectivity index (χ2n) is 4.06. The molecule has 20 heavy (non-hydrogen) atoms. The molecule has 0 amide bonds. The highest BCUT2D eigenvalue weighted by Crippen LogP contribution is 2.27. The van der Waals surface area contributed by atoms with Gasteiger partial charge in [-0.1, -0.05) is 18.2 Å². The third-order valence-corrected chi connectivity index (χ3v) is 2.53. The Morgan fingerprint density at radius 1 is 1.15 bits per heavy atom. The number of nitrogens with zero attached hydrogens (tertiary/aromatic N) is 1. The first-order valence-electron chi connectivity index (χ1n) is 5.68. The average molecular weight is 281 g/mol. The molecule has 0 fully saturated rings. The predicted molar refractivity (Wildman–Crippen MR) is 66.4 cm³/mol. The number of hydrogen-bond donors (Lipinski definition) is 0. The Bertz CT molecular complexity index is 621. The van der Waals surface area contributed by atoms with E-state index < -0.39 is 6.36 Å². The minimum Gasteiger partial charge on any atom is -0.406 e. The van der Waals surface area contributed by atoms with Crippen LogP contribution in [0.15, 0.2) is 42.6 Å². The lowest BCUT2D eigenvalue weighted by atomic mass is 10.1. The second kappa shape index (κ2) is 5.32. The van der Waals surface area contributed by atoms with Crippen LogP contribution in [0.2, 0.25) is 0 Å². The molecule has 0 spiro atoms. The van der Waals surface area contributed by atoms with Gasteiger partial charge in [0.2, 0.25) is 0 Å². The van der Waals surface area contributed by atoms with Crippen LogP contribution in [-0.4, -0.2) is 17.1 Å². The van der Waals surface area contributed by atoms with Crippen molar-refractivity contribution >= 4 is 5.78 Å². The van der Waals surface area contributed by atoms with Gasteiger partial charge in [-0.25, -0.2) is 0 Å². The molecule has 0 aliphatic heterocycles. The molecule has 1 aromatic carbocycles. The lowest BCUT2D eigenvalue weighted by molar-refractivity contribution is -0.274. The number of alkyl halides is 3. The molecular weight excluding hydrogens is 271 g/mol. The molecule has 0 aliphatic carbocycles. The van der Waals surface area contributed by atoms with E-state index in [0.29, 0.717) is 16.8 Å². The minimum atomic E-state index is -4.73. The van der Waals surface area contributed by atoms with Crippen LogP contribution in [-0.2, 0) is 0 Å². The quantitative estimate of drug-likeness (QED) is 0.802. The van der Waals surface area contributed by atoms with Crippen molar-refractivity contribution in [3.8, 4) is 16.9 Å². The van der Waals surface area contributed by atoms with Gasteiger partial charge in [0.05, 0.1) is 0 Å². The van der Waals surface area contributed by atoms with Crippen molar-refractivity contribution in [2.24, 2.45) is 0 Å². The van der Waals surface area contributed by atoms with Gasteiger partial charge >= 0.3 is 6.36 Å². The van der Waals surface area contributed by atoms with Gasteiger partial charge in [0.1, 0.15) is 11.4 Å². The molecule has 0 saturated heterocycles. The molecule has 1 aromatic heterocycles. The number of pyridine rings is 1. The molecule has 1 heterocycles. The summed E-state index contributed by atoms with van der Waals surface area (Å²) in [6.07, 6.45) is -3.29. The van der Waals surface area contributed by atoms with E-state index in [-0.39, 0.29) is 11.5 Å². The molecule has 2 rings (SSSR count). The fourth-order valence-electron chi connectivity index (χ4n) is 1.65. The van der Waals surface area contributed by atoms with Crippen LogP contribution in [0.3, 0.4) is 0 Å². The zero-order valence-corrected chi connectivity index (χ0v) is 10.4. The van der Waals surface area contributed by atoms with Crippen LogP contribution in [0.5, 0.6) is 5.75 Å². The van der Waals surface area contributed by atoms with Crippen LogP contribution < -0.4 is 4.74 Å². The molecule has 104 valence electrons. The van der Waals surface area contributed by atoms with E-state index in [1.54, 1.807) is 12.1 Å². The number of benzene rings is 1. The van der Waals surface area contributed by atoms with Crippen LogP contribution in [0, 0.1) is 0 Å². The third-order valence-electron chi connectivity index (χ3n) is 2.53. The van der Waals surface area contributed by atoms with E-state index in [1.165, 1.54) is 37.4 Å². The van der Waals surface area contributed by atoms with E-state index in [4.69, 9.17) is 0 Å². The maximum Gasteiger partial charge on any atom is 0.573 e. The lowest BCUT2D eigenvalue weighted by Crippen LogP contribution is -2.17. The topological polar surface area (TPSA) is 39.2 Å². The first kappa shape index (κ1) is 14.0. The maximum atomic E-state index is 12.1. The van der Waals surface area contributed by atoms with Crippen molar-refractivity contribution < 1.29 is 22.7 Å². The normalized spacial score (nSPS) is 11.2. The van der Waals surface area contributed by atoms with Crippen molar-refractivity contribution in [1.82, 2.24) is 4.98 Å². The number of halogens is 3. The molecule has 0 atom stereocenters. The van der Waals surface area contributed by atoms with E-state index >= 15 is 0 Å². The molecule has 0 unspecified atom stereocenters. The summed E-state index contributed by atoms with van der Waals surface area (Å²) < 4.78 is 40.3. The minimum absolute atomic E-state index is 0.175. The Morgan fingerprint density at radius 3 is 2.45 bits per heavy atom. The summed E-state index contributed by atoms with van der Waals surface area (Å²) in [5.41, 5.74) is 1.42. The number of ether oxygens (including phenoxy) is 1. The van der Waals surface area contributed by atoms with Gasteiger partial charge in [0.15, 0.2) is 5.78 Å². The highest BCUT2D eigenvalue weighted by atomic mass is 19.4. The van der Waals surface area contributed by atoms with Gasteiger partial charge in [0, 0.05) is 18.7 Å². The molecule has 0 saturated carbocycles. The molecular formula is C14H10F3NO2. The molecule has 0 aliphatic rings. The number of ketones is 1. The third kappa shape index (κ3) is 3.57. The zero-order valence-electron chi connectivity index (χ0n) is 10.4. The van der Waals surface area contributed by atoms with Crippen LogP contribution in [0.1, 0.15) is 17.4 Å². The Labute approximate surface area is 113 Å². The number of carbonyl (C=O) groups is 1. The largest absolute Gasteiger partial charge is 0.573 e. The van der Waals surface area contributed by atoms with Crippen molar-refractivity contribution in [1.29, 1.82) is 0 Å².